The highest BCUT2D eigenvalue weighted by Crippen LogP contribution is 2.27. The van der Waals surface area contributed by atoms with Crippen LogP contribution in [0.2, 0.25) is 0 Å². The molecule has 8 heteroatoms. The molecule has 29 heavy (non-hydrogen) atoms. The molecule has 2 aromatic heterocycles. The smallest absolute Gasteiger partial charge is 0.293 e. The Morgan fingerprint density at radius 2 is 1.86 bits per heavy atom. The van der Waals surface area contributed by atoms with Crippen LogP contribution in [0.5, 0.6) is 0 Å². The van der Waals surface area contributed by atoms with E-state index < -0.39 is 15.7 Å². The van der Waals surface area contributed by atoms with E-state index >= 15 is 0 Å². The monoisotopic (exact) mass is 412 g/mol. The van der Waals surface area contributed by atoms with Gasteiger partial charge in [0.15, 0.2) is 15.6 Å². The lowest BCUT2D eigenvalue weighted by Gasteiger charge is -2.07. The van der Waals surface area contributed by atoms with E-state index in [1.54, 1.807) is 43.3 Å². The van der Waals surface area contributed by atoms with Gasteiger partial charge in [0.1, 0.15) is 17.3 Å². The normalized spacial score (nSPS) is 11.7. The van der Waals surface area contributed by atoms with Crippen LogP contribution in [0.15, 0.2) is 68.4 Å². The Kier molecular flexibility index (Phi) is 4.79. The number of sulfone groups is 1. The molecule has 2 heterocycles. The van der Waals surface area contributed by atoms with Gasteiger partial charge in [-0.3, -0.25) is 0 Å². The number of halogens is 1. The van der Waals surface area contributed by atoms with E-state index in [1.165, 1.54) is 12.1 Å². The molecule has 0 amide bonds. The highest BCUT2D eigenvalue weighted by atomic mass is 32.2. The first-order valence-electron chi connectivity index (χ1n) is 8.80. The van der Waals surface area contributed by atoms with E-state index in [0.29, 0.717) is 11.1 Å². The molecular formula is C21H17FN2O4S. The van der Waals surface area contributed by atoms with E-state index in [9.17, 15) is 12.8 Å². The number of furan rings is 1. The van der Waals surface area contributed by atoms with Gasteiger partial charge in [-0.2, -0.15) is 4.98 Å². The van der Waals surface area contributed by atoms with Crippen LogP contribution in [0.25, 0.3) is 23.0 Å². The minimum atomic E-state index is -3.57. The summed E-state index contributed by atoms with van der Waals surface area (Å²) >= 11 is 0. The lowest BCUT2D eigenvalue weighted by atomic mass is 10.2. The predicted molar refractivity (Wildman–Crippen MR) is 104 cm³/mol. The average Bonchev–Trinajstić information content (AvgIpc) is 3.30. The second kappa shape index (κ2) is 7.29. The van der Waals surface area contributed by atoms with Crippen LogP contribution < -0.4 is 0 Å². The number of nitrogens with zero attached hydrogens (tertiary/aromatic N) is 2. The largest absolute Gasteiger partial charge is 0.455 e. The first-order valence-corrected chi connectivity index (χ1v) is 10.5. The lowest BCUT2D eigenvalue weighted by Crippen LogP contribution is -2.06. The van der Waals surface area contributed by atoms with Crippen molar-refractivity contribution in [2.45, 2.75) is 24.5 Å². The molecule has 0 saturated carbocycles. The molecule has 0 saturated heterocycles. The fourth-order valence-electron chi connectivity index (χ4n) is 3.05. The summed E-state index contributed by atoms with van der Waals surface area (Å²) in [6, 6.07) is 14.1. The van der Waals surface area contributed by atoms with Crippen molar-refractivity contribution in [2.75, 3.05) is 0 Å². The van der Waals surface area contributed by atoms with E-state index in [-0.39, 0.29) is 33.9 Å². The maximum absolute atomic E-state index is 13.4. The van der Waals surface area contributed by atoms with Gasteiger partial charge in [-0.05, 0) is 49.7 Å². The molecule has 0 atom stereocenters. The van der Waals surface area contributed by atoms with Crippen LogP contribution in [-0.2, 0) is 15.6 Å². The third-order valence-corrected chi connectivity index (χ3v) is 6.17. The summed E-state index contributed by atoms with van der Waals surface area (Å²) in [4.78, 5) is 4.47. The number of hydrogen-bond donors (Lipinski definition) is 0. The van der Waals surface area contributed by atoms with Gasteiger partial charge in [-0.15, -0.1) is 0 Å². The van der Waals surface area contributed by atoms with Crippen molar-refractivity contribution in [3.63, 3.8) is 0 Å². The van der Waals surface area contributed by atoms with Gasteiger partial charge in [0, 0.05) is 5.56 Å². The summed E-state index contributed by atoms with van der Waals surface area (Å²) in [6.07, 6.45) is 0. The van der Waals surface area contributed by atoms with Crippen LogP contribution in [0.3, 0.4) is 0 Å². The molecule has 0 radical (unpaired) electrons. The molecule has 0 aliphatic rings. The summed E-state index contributed by atoms with van der Waals surface area (Å²) in [5, 5.41) is 3.82. The molecule has 0 aliphatic heterocycles. The lowest BCUT2D eigenvalue weighted by molar-refractivity contribution is 0.413. The SMILES string of the molecule is Cc1ccc(S(=O)(=O)Cc2ccc(-c3nc(-c4cccc(F)c4)no3)o2)c(C)c1. The van der Waals surface area contributed by atoms with Crippen LogP contribution >= 0.6 is 0 Å². The van der Waals surface area contributed by atoms with Crippen molar-refractivity contribution < 1.29 is 21.7 Å². The molecule has 0 N–H and O–H groups in total. The Morgan fingerprint density at radius 3 is 2.62 bits per heavy atom. The highest BCUT2D eigenvalue weighted by molar-refractivity contribution is 7.90. The molecule has 4 rings (SSSR count). The summed E-state index contributed by atoms with van der Waals surface area (Å²) < 4.78 is 49.7. The minimum Gasteiger partial charge on any atom is -0.455 e. The number of benzene rings is 2. The van der Waals surface area contributed by atoms with Gasteiger partial charge >= 0.3 is 0 Å². The number of aryl methyl sites for hydroxylation is 2. The number of hydrogen-bond acceptors (Lipinski definition) is 6. The van der Waals surface area contributed by atoms with Gasteiger partial charge in [-0.1, -0.05) is 35.0 Å². The third-order valence-electron chi connectivity index (χ3n) is 4.38. The highest BCUT2D eigenvalue weighted by Gasteiger charge is 2.21. The van der Waals surface area contributed by atoms with Crippen molar-refractivity contribution in [3.05, 3.63) is 77.3 Å². The third kappa shape index (κ3) is 3.97. The summed E-state index contributed by atoms with van der Waals surface area (Å²) in [7, 11) is -3.57. The van der Waals surface area contributed by atoms with Gasteiger partial charge in [0.2, 0.25) is 5.82 Å². The van der Waals surface area contributed by atoms with Crippen molar-refractivity contribution >= 4 is 9.84 Å². The Morgan fingerprint density at radius 1 is 1.03 bits per heavy atom. The topological polar surface area (TPSA) is 86.2 Å². The van der Waals surface area contributed by atoms with E-state index in [2.05, 4.69) is 10.1 Å². The number of aromatic nitrogens is 2. The van der Waals surface area contributed by atoms with Crippen LogP contribution in [-0.4, -0.2) is 18.6 Å². The van der Waals surface area contributed by atoms with Crippen LogP contribution in [0, 0.1) is 19.7 Å². The predicted octanol–water partition coefficient (Wildman–Crippen LogP) is 4.73. The standard InChI is InChI=1S/C21H17FN2O4S/c1-13-6-9-19(14(2)10-13)29(25,26)12-17-7-8-18(27-17)21-23-20(24-28-21)15-4-3-5-16(22)11-15/h3-11H,12H2,1-2H3. The zero-order valence-corrected chi connectivity index (χ0v) is 16.5. The summed E-state index contributed by atoms with van der Waals surface area (Å²) in [5.74, 6) is 0.0869. The van der Waals surface area contributed by atoms with Gasteiger partial charge in [0.05, 0.1) is 4.90 Å². The van der Waals surface area contributed by atoms with E-state index in [1.807, 2.05) is 13.0 Å². The first kappa shape index (κ1) is 19.1. The second-order valence-corrected chi connectivity index (χ2v) is 8.69. The maximum Gasteiger partial charge on any atom is 0.293 e. The van der Waals surface area contributed by atoms with Crippen molar-refractivity contribution in [1.29, 1.82) is 0 Å². The molecule has 0 fully saturated rings. The van der Waals surface area contributed by atoms with Gasteiger partial charge in [-0.25, -0.2) is 12.8 Å². The maximum atomic E-state index is 13.4. The summed E-state index contributed by atoms with van der Waals surface area (Å²) in [5.41, 5.74) is 2.14. The molecule has 4 aromatic rings. The molecule has 0 unspecified atom stereocenters. The van der Waals surface area contributed by atoms with Crippen molar-refractivity contribution in [1.82, 2.24) is 10.1 Å². The molecule has 0 bridgehead atoms. The van der Waals surface area contributed by atoms with Crippen LogP contribution in [0.4, 0.5) is 4.39 Å². The van der Waals surface area contributed by atoms with Crippen molar-refractivity contribution in [2.24, 2.45) is 0 Å². The molecule has 6 nitrogen and oxygen atoms in total. The molecular weight excluding hydrogens is 395 g/mol. The quantitative estimate of drug-likeness (QED) is 0.471. The number of rotatable bonds is 5. The zero-order chi connectivity index (χ0) is 20.6. The van der Waals surface area contributed by atoms with E-state index in [0.717, 1.165) is 5.56 Å². The average molecular weight is 412 g/mol. The zero-order valence-electron chi connectivity index (χ0n) is 15.7. The first-order chi connectivity index (χ1) is 13.8. The Balaban J connectivity index is 1.57. The Bertz CT molecular complexity index is 1290. The van der Waals surface area contributed by atoms with Gasteiger partial charge < -0.3 is 8.94 Å². The molecule has 0 spiro atoms. The summed E-state index contributed by atoms with van der Waals surface area (Å²) in [6.45, 7) is 3.67. The molecule has 2 aromatic carbocycles. The molecule has 148 valence electrons. The molecule has 0 aliphatic carbocycles. The van der Waals surface area contributed by atoms with Gasteiger partial charge in [0.25, 0.3) is 5.89 Å². The van der Waals surface area contributed by atoms with Crippen molar-refractivity contribution in [3.8, 4) is 23.0 Å². The fraction of sp³-hybridized carbons (Fsp3) is 0.143. The minimum absolute atomic E-state index is 0.0828. The van der Waals surface area contributed by atoms with E-state index in [4.69, 9.17) is 8.94 Å². The van der Waals surface area contributed by atoms with Crippen LogP contribution in [0.1, 0.15) is 16.9 Å². The Labute approximate surface area is 166 Å². The second-order valence-electron chi connectivity index (χ2n) is 6.73. The fourth-order valence-corrected chi connectivity index (χ4v) is 4.56. The Hall–Kier alpha value is -3.26.